The minimum absolute atomic E-state index is 0.0739. The third kappa shape index (κ3) is 2.49. The van der Waals surface area contributed by atoms with Crippen molar-refractivity contribution in [2.75, 3.05) is 0 Å². The van der Waals surface area contributed by atoms with E-state index in [1.165, 1.54) is 41.4 Å². The Morgan fingerprint density at radius 1 is 1.25 bits per heavy atom. The van der Waals surface area contributed by atoms with Crippen LogP contribution in [0.1, 0.15) is 41.2 Å². The standard InChI is InChI=1S/C14H14N4OS/c15-6-10-7-16-13(17-8-10)9-18-11-4-2-1-3-5-12(11)20-14(18)19/h7-8H,1-5,9H2. The number of aromatic nitrogens is 3. The highest BCUT2D eigenvalue weighted by Crippen LogP contribution is 2.23. The van der Waals surface area contributed by atoms with Crippen molar-refractivity contribution in [2.24, 2.45) is 0 Å². The summed E-state index contributed by atoms with van der Waals surface area (Å²) >= 11 is 1.36. The van der Waals surface area contributed by atoms with E-state index in [9.17, 15) is 4.79 Å². The molecule has 0 N–H and O–H groups in total. The van der Waals surface area contributed by atoms with E-state index in [0.29, 0.717) is 17.9 Å². The zero-order valence-corrected chi connectivity index (χ0v) is 11.8. The zero-order chi connectivity index (χ0) is 13.9. The van der Waals surface area contributed by atoms with Gasteiger partial charge in [0.1, 0.15) is 11.9 Å². The molecule has 2 heterocycles. The SMILES string of the molecule is N#Cc1cnc(Cn2c3c(sc2=O)CCCCC3)nc1. The summed E-state index contributed by atoms with van der Waals surface area (Å²) in [4.78, 5) is 21.7. The number of nitriles is 1. The van der Waals surface area contributed by atoms with Crippen LogP contribution in [0.3, 0.4) is 0 Å². The van der Waals surface area contributed by atoms with Crippen LogP contribution in [-0.2, 0) is 19.4 Å². The van der Waals surface area contributed by atoms with Gasteiger partial charge < -0.3 is 0 Å². The molecule has 20 heavy (non-hydrogen) atoms. The summed E-state index contributed by atoms with van der Waals surface area (Å²) in [6.07, 6.45) is 8.50. The Balaban J connectivity index is 1.92. The van der Waals surface area contributed by atoms with E-state index in [-0.39, 0.29) is 4.87 Å². The Labute approximate surface area is 120 Å². The van der Waals surface area contributed by atoms with Crippen molar-refractivity contribution in [3.8, 4) is 6.07 Å². The summed E-state index contributed by atoms with van der Waals surface area (Å²) < 4.78 is 1.80. The number of thiazole rings is 1. The summed E-state index contributed by atoms with van der Waals surface area (Å²) in [6, 6.07) is 1.99. The lowest BCUT2D eigenvalue weighted by molar-refractivity contribution is 0.658. The fraction of sp³-hybridized carbons (Fsp3) is 0.429. The maximum atomic E-state index is 12.1. The van der Waals surface area contributed by atoms with Crippen molar-refractivity contribution in [3.05, 3.63) is 44.0 Å². The van der Waals surface area contributed by atoms with Crippen LogP contribution in [0.2, 0.25) is 0 Å². The van der Waals surface area contributed by atoms with Gasteiger partial charge in [0.25, 0.3) is 0 Å². The molecule has 0 bridgehead atoms. The first-order valence-corrected chi connectivity index (χ1v) is 7.52. The molecule has 2 aromatic heterocycles. The lowest BCUT2D eigenvalue weighted by Crippen LogP contribution is -2.18. The zero-order valence-electron chi connectivity index (χ0n) is 11.0. The van der Waals surface area contributed by atoms with E-state index in [1.54, 1.807) is 4.57 Å². The number of nitrogens with zero attached hydrogens (tertiary/aromatic N) is 4. The number of fused-ring (bicyclic) bond motifs is 1. The molecular formula is C14H14N4OS. The summed E-state index contributed by atoms with van der Waals surface area (Å²) in [5.74, 6) is 0.580. The molecule has 2 aromatic rings. The third-order valence-corrected chi connectivity index (χ3v) is 4.61. The molecule has 5 nitrogen and oxygen atoms in total. The lowest BCUT2D eigenvalue weighted by Gasteiger charge is -2.06. The third-order valence-electron chi connectivity index (χ3n) is 3.53. The van der Waals surface area contributed by atoms with E-state index in [4.69, 9.17) is 5.26 Å². The quantitative estimate of drug-likeness (QED) is 0.790. The maximum Gasteiger partial charge on any atom is 0.307 e. The summed E-state index contributed by atoms with van der Waals surface area (Å²) in [5.41, 5.74) is 1.59. The summed E-state index contributed by atoms with van der Waals surface area (Å²) in [7, 11) is 0. The minimum atomic E-state index is 0.0739. The minimum Gasteiger partial charge on any atom is -0.295 e. The van der Waals surface area contributed by atoms with Gasteiger partial charge in [-0.1, -0.05) is 17.8 Å². The Morgan fingerprint density at radius 3 is 2.75 bits per heavy atom. The second kappa shape index (κ2) is 5.55. The summed E-state index contributed by atoms with van der Waals surface area (Å²) in [5, 5.41) is 8.74. The molecule has 0 radical (unpaired) electrons. The fourth-order valence-corrected chi connectivity index (χ4v) is 3.57. The van der Waals surface area contributed by atoms with Gasteiger partial charge in [-0.2, -0.15) is 5.26 Å². The van der Waals surface area contributed by atoms with Crippen molar-refractivity contribution < 1.29 is 0 Å². The second-order valence-corrected chi connectivity index (χ2v) is 5.93. The first-order chi connectivity index (χ1) is 9.78. The molecule has 1 aliphatic carbocycles. The molecule has 0 atom stereocenters. The van der Waals surface area contributed by atoms with Crippen molar-refractivity contribution in [1.82, 2.24) is 14.5 Å². The molecule has 0 fully saturated rings. The molecule has 0 aromatic carbocycles. The van der Waals surface area contributed by atoms with Crippen LogP contribution in [0.25, 0.3) is 0 Å². The molecule has 0 saturated carbocycles. The molecular weight excluding hydrogens is 272 g/mol. The molecule has 0 saturated heterocycles. The second-order valence-electron chi connectivity index (χ2n) is 4.88. The van der Waals surface area contributed by atoms with Crippen LogP contribution in [0, 0.1) is 11.3 Å². The average Bonchev–Trinajstić information content (AvgIpc) is 2.65. The Kier molecular flexibility index (Phi) is 3.61. The fourth-order valence-electron chi connectivity index (χ4n) is 2.50. The molecule has 0 amide bonds. The molecule has 1 aliphatic rings. The van der Waals surface area contributed by atoms with Gasteiger partial charge >= 0.3 is 4.87 Å². The smallest absolute Gasteiger partial charge is 0.295 e. The Hall–Kier alpha value is -2.00. The predicted molar refractivity (Wildman–Crippen MR) is 75.7 cm³/mol. The van der Waals surface area contributed by atoms with Crippen LogP contribution < -0.4 is 4.87 Å². The van der Waals surface area contributed by atoms with Crippen LogP contribution in [0.4, 0.5) is 0 Å². The average molecular weight is 286 g/mol. The van der Waals surface area contributed by atoms with Crippen LogP contribution in [0.5, 0.6) is 0 Å². The molecule has 6 heteroatoms. The maximum absolute atomic E-state index is 12.1. The van der Waals surface area contributed by atoms with Gasteiger partial charge in [0.15, 0.2) is 0 Å². The summed E-state index contributed by atoms with van der Waals surface area (Å²) in [6.45, 7) is 0.399. The first-order valence-electron chi connectivity index (χ1n) is 6.70. The van der Waals surface area contributed by atoms with Gasteiger partial charge in [0.2, 0.25) is 0 Å². The highest BCUT2D eigenvalue weighted by molar-refractivity contribution is 7.09. The largest absolute Gasteiger partial charge is 0.307 e. The van der Waals surface area contributed by atoms with E-state index < -0.39 is 0 Å². The highest BCUT2D eigenvalue weighted by Gasteiger charge is 2.17. The number of hydrogen-bond donors (Lipinski definition) is 0. The monoisotopic (exact) mass is 286 g/mol. The molecule has 3 rings (SSSR count). The molecule has 0 spiro atoms. The van der Waals surface area contributed by atoms with Crippen molar-refractivity contribution >= 4 is 11.3 Å². The Bertz CT molecular complexity index is 708. The van der Waals surface area contributed by atoms with E-state index >= 15 is 0 Å². The van der Waals surface area contributed by atoms with Crippen LogP contribution >= 0.6 is 11.3 Å². The van der Waals surface area contributed by atoms with Crippen molar-refractivity contribution in [3.63, 3.8) is 0 Å². The van der Waals surface area contributed by atoms with Crippen molar-refractivity contribution in [2.45, 2.75) is 38.6 Å². The van der Waals surface area contributed by atoms with E-state index in [2.05, 4.69) is 9.97 Å². The first kappa shape index (κ1) is 13.0. The topological polar surface area (TPSA) is 71.6 Å². The predicted octanol–water partition coefficient (Wildman–Crippen LogP) is 1.89. The number of hydrogen-bond acceptors (Lipinski definition) is 5. The number of aryl methyl sites for hydroxylation is 1. The van der Waals surface area contributed by atoms with E-state index in [1.807, 2.05) is 6.07 Å². The van der Waals surface area contributed by atoms with Gasteiger partial charge in [-0.3, -0.25) is 9.36 Å². The number of rotatable bonds is 2. The molecule has 0 unspecified atom stereocenters. The van der Waals surface area contributed by atoms with Crippen LogP contribution in [-0.4, -0.2) is 14.5 Å². The van der Waals surface area contributed by atoms with Gasteiger partial charge in [0.05, 0.1) is 12.1 Å². The van der Waals surface area contributed by atoms with Gasteiger partial charge in [0, 0.05) is 23.0 Å². The highest BCUT2D eigenvalue weighted by atomic mass is 32.1. The molecule has 102 valence electrons. The van der Waals surface area contributed by atoms with Crippen molar-refractivity contribution in [1.29, 1.82) is 5.26 Å². The van der Waals surface area contributed by atoms with E-state index in [0.717, 1.165) is 25.0 Å². The molecule has 0 aliphatic heterocycles. The van der Waals surface area contributed by atoms with Gasteiger partial charge in [-0.15, -0.1) is 0 Å². The van der Waals surface area contributed by atoms with Gasteiger partial charge in [-0.25, -0.2) is 9.97 Å². The Morgan fingerprint density at radius 2 is 2.00 bits per heavy atom. The van der Waals surface area contributed by atoms with Crippen LogP contribution in [0.15, 0.2) is 17.2 Å². The normalized spacial score (nSPS) is 14.3. The van der Waals surface area contributed by atoms with Gasteiger partial charge in [-0.05, 0) is 25.7 Å². The lowest BCUT2D eigenvalue weighted by atomic mass is 10.2.